The first-order valence-electron chi connectivity index (χ1n) is 12.5. The topological polar surface area (TPSA) is 180 Å². The average Bonchev–Trinajstić information content (AvgIpc) is 3.34. The zero-order valence-corrected chi connectivity index (χ0v) is 24.8. The smallest absolute Gasteiger partial charge is 0.435 e. The van der Waals surface area contributed by atoms with Crippen molar-refractivity contribution in [2.24, 2.45) is 10.7 Å². The predicted octanol–water partition coefficient (Wildman–Crippen LogP) is 3.07. The minimum atomic E-state index is -4.80. The van der Waals surface area contributed by atoms with Crippen molar-refractivity contribution >= 4 is 39.1 Å². The Morgan fingerprint density at radius 2 is 1.80 bits per heavy atom. The van der Waals surface area contributed by atoms with Gasteiger partial charge in [0.15, 0.2) is 5.69 Å². The van der Waals surface area contributed by atoms with Crippen LogP contribution in [0.1, 0.15) is 27.3 Å². The summed E-state index contributed by atoms with van der Waals surface area (Å²) < 4.78 is 75.8. The van der Waals surface area contributed by atoms with Gasteiger partial charge in [-0.1, -0.05) is 6.58 Å². The molecule has 2 heterocycles. The Kier molecular flexibility index (Phi) is 9.93. The van der Waals surface area contributed by atoms with E-state index in [9.17, 15) is 36.3 Å². The molecule has 3 aromatic rings. The Balaban J connectivity index is 2.21. The van der Waals surface area contributed by atoms with Crippen LogP contribution >= 0.6 is 0 Å². The number of aromatic nitrogens is 3. The molecule has 0 spiro atoms. The number of sulfone groups is 1. The van der Waals surface area contributed by atoms with Crippen LogP contribution in [-0.4, -0.2) is 66.3 Å². The second-order valence-electron chi connectivity index (χ2n) is 9.39. The first kappa shape index (κ1) is 33.4. The van der Waals surface area contributed by atoms with Gasteiger partial charge < -0.3 is 30.2 Å². The molecule has 0 amide bonds. The number of hydrogen-bond acceptors (Lipinski definition) is 10. The Hall–Kier alpha value is -5.06. The number of aryl methyl sites for hydroxylation is 2. The Labute approximate surface area is 249 Å². The number of nitrogens with one attached hydrogen (secondary N) is 1. The summed E-state index contributed by atoms with van der Waals surface area (Å²) in [5.74, 6) is -1.66. The van der Waals surface area contributed by atoms with Gasteiger partial charge in [-0.05, 0) is 19.1 Å². The van der Waals surface area contributed by atoms with Crippen LogP contribution in [0.15, 0.2) is 58.7 Å². The molecule has 2 aromatic heterocycles. The maximum atomic E-state index is 13.4. The van der Waals surface area contributed by atoms with Gasteiger partial charge in [0.1, 0.15) is 38.5 Å². The normalized spacial score (nSPS) is 12.6. The monoisotopic (exact) mass is 638 g/mol. The third-order valence-corrected chi connectivity index (χ3v) is 6.93. The number of hydrogen-bond donors (Lipinski definition) is 3. The molecule has 0 saturated carbocycles. The largest absolute Gasteiger partial charge is 0.497 e. The van der Waals surface area contributed by atoms with Crippen LogP contribution in [0.2, 0.25) is 0 Å². The van der Waals surface area contributed by atoms with Crippen molar-refractivity contribution in [3.05, 3.63) is 81.8 Å². The number of pyridine rings is 1. The summed E-state index contributed by atoms with van der Waals surface area (Å²) in [4.78, 5) is 28.9. The first-order valence-corrected chi connectivity index (χ1v) is 14.5. The van der Waals surface area contributed by atoms with Gasteiger partial charge >= 0.3 is 12.1 Å². The zero-order valence-electron chi connectivity index (χ0n) is 24.0. The number of aliphatic imine (C=N–C) groups is 1. The van der Waals surface area contributed by atoms with Gasteiger partial charge in [-0.2, -0.15) is 18.3 Å². The van der Waals surface area contributed by atoms with Crippen molar-refractivity contribution in [2.75, 3.05) is 31.5 Å². The van der Waals surface area contributed by atoms with E-state index in [1.165, 1.54) is 21.1 Å². The number of ether oxygens (including phenoxy) is 2. The lowest BCUT2D eigenvalue weighted by Gasteiger charge is -2.14. The summed E-state index contributed by atoms with van der Waals surface area (Å²) in [6.07, 6.45) is -1.65. The van der Waals surface area contributed by atoms with Gasteiger partial charge in [-0.15, -0.1) is 0 Å². The number of nitrogens with two attached hydrogens (primary N) is 1. The highest BCUT2D eigenvalue weighted by atomic mass is 32.2. The number of benzene rings is 1. The van der Waals surface area contributed by atoms with Crippen LogP contribution in [0.3, 0.4) is 0 Å². The molecule has 4 N–H and O–H groups in total. The van der Waals surface area contributed by atoms with E-state index in [1.807, 2.05) is 0 Å². The lowest BCUT2D eigenvalue weighted by atomic mass is 10.1. The quantitative estimate of drug-likeness (QED) is 0.250. The van der Waals surface area contributed by atoms with Crippen molar-refractivity contribution in [3.8, 4) is 11.5 Å². The molecule has 3 rings (SSSR count). The van der Waals surface area contributed by atoms with Crippen molar-refractivity contribution in [1.29, 1.82) is 0 Å². The van der Waals surface area contributed by atoms with Crippen LogP contribution in [0.25, 0.3) is 11.4 Å². The summed E-state index contributed by atoms with van der Waals surface area (Å²) in [5, 5.41) is 16.1. The Morgan fingerprint density at radius 3 is 2.30 bits per heavy atom. The van der Waals surface area contributed by atoms with Crippen LogP contribution in [0.5, 0.6) is 11.5 Å². The molecule has 0 aliphatic heterocycles. The molecule has 1 aromatic carbocycles. The van der Waals surface area contributed by atoms with Gasteiger partial charge in [0, 0.05) is 65.9 Å². The second kappa shape index (κ2) is 13.1. The van der Waals surface area contributed by atoms with E-state index in [0.29, 0.717) is 17.2 Å². The predicted molar refractivity (Wildman–Crippen MR) is 157 cm³/mol. The minimum absolute atomic E-state index is 0.00244. The van der Waals surface area contributed by atoms with E-state index in [2.05, 4.69) is 22.0 Å². The maximum Gasteiger partial charge on any atom is 0.435 e. The summed E-state index contributed by atoms with van der Waals surface area (Å²) in [7, 11) is -0.667. The molecule has 0 atom stereocenters. The number of aromatic carboxylic acids is 1. The number of halogens is 3. The minimum Gasteiger partial charge on any atom is -0.497 e. The van der Waals surface area contributed by atoms with Crippen LogP contribution in [-0.2, 0) is 22.6 Å². The molecule has 17 heteroatoms. The molecule has 44 heavy (non-hydrogen) atoms. The lowest BCUT2D eigenvalue weighted by Crippen LogP contribution is -2.29. The molecule has 0 saturated heterocycles. The highest BCUT2D eigenvalue weighted by Gasteiger charge is 2.35. The van der Waals surface area contributed by atoms with E-state index >= 15 is 0 Å². The van der Waals surface area contributed by atoms with Crippen LogP contribution in [0, 0.1) is 6.92 Å². The number of nitrogens with zero attached hydrogens (tertiary/aromatic N) is 4. The van der Waals surface area contributed by atoms with Crippen molar-refractivity contribution in [1.82, 2.24) is 14.3 Å². The van der Waals surface area contributed by atoms with Crippen molar-refractivity contribution in [2.45, 2.75) is 19.6 Å². The number of carboxylic acid groups (broad SMARTS) is 1. The third kappa shape index (κ3) is 8.27. The Bertz CT molecular complexity index is 1800. The molecule has 0 aliphatic rings. The molecule has 0 aliphatic carbocycles. The van der Waals surface area contributed by atoms with E-state index in [-0.39, 0.29) is 22.7 Å². The van der Waals surface area contributed by atoms with Gasteiger partial charge in [0.2, 0.25) is 0 Å². The number of methoxy groups -OCH3 is 2. The number of alkyl halides is 3. The third-order valence-electron chi connectivity index (χ3n) is 6.00. The standard InChI is InChI=1S/C27H29F3N6O7S/c1-15-8-23(27(28,29)30)34-36(15)24(31)22(13-32-16(2)33-18-10-19(42-3)12-20(11-18)43-4)17-9-21(26(38)39)25(37)35(14-17)6-7-44(5,40)41/h8-14,33H,2,6-7,31H2,1,3-5H3,(H,38,39)/b24-22-,32-13?. The summed E-state index contributed by atoms with van der Waals surface area (Å²) in [6.45, 7) is 4.71. The highest BCUT2D eigenvalue weighted by Crippen LogP contribution is 2.30. The molecule has 0 unspecified atom stereocenters. The van der Waals surface area contributed by atoms with Gasteiger partial charge in [0.25, 0.3) is 5.56 Å². The van der Waals surface area contributed by atoms with Crippen LogP contribution in [0.4, 0.5) is 18.9 Å². The average molecular weight is 639 g/mol. The molecule has 0 fully saturated rings. The number of carbonyl (C=O) groups is 1. The number of carboxylic acids is 1. The number of anilines is 1. The van der Waals surface area contributed by atoms with E-state index < -0.39 is 56.9 Å². The molecular weight excluding hydrogens is 609 g/mol. The molecule has 0 bridgehead atoms. The lowest BCUT2D eigenvalue weighted by molar-refractivity contribution is -0.141. The molecule has 236 valence electrons. The fraction of sp³-hybridized carbons (Fsp3) is 0.259. The van der Waals surface area contributed by atoms with Crippen LogP contribution < -0.4 is 26.1 Å². The zero-order chi connectivity index (χ0) is 33.0. The fourth-order valence-corrected chi connectivity index (χ4v) is 4.38. The second-order valence-corrected chi connectivity index (χ2v) is 11.6. The van der Waals surface area contributed by atoms with E-state index in [4.69, 9.17) is 15.2 Å². The maximum absolute atomic E-state index is 13.4. The summed E-state index contributed by atoms with van der Waals surface area (Å²) >= 11 is 0. The van der Waals surface area contributed by atoms with Gasteiger partial charge in [-0.25, -0.2) is 22.9 Å². The summed E-state index contributed by atoms with van der Waals surface area (Å²) in [5.41, 5.74) is 3.49. The van der Waals surface area contributed by atoms with Gasteiger partial charge in [0.05, 0.1) is 20.0 Å². The van der Waals surface area contributed by atoms with Crippen molar-refractivity contribution < 1.29 is 41.0 Å². The fourth-order valence-electron chi connectivity index (χ4n) is 3.85. The molecule has 0 radical (unpaired) electrons. The van der Waals surface area contributed by atoms with E-state index in [1.54, 1.807) is 18.2 Å². The Morgan fingerprint density at radius 1 is 1.18 bits per heavy atom. The highest BCUT2D eigenvalue weighted by molar-refractivity contribution is 7.90. The first-order chi connectivity index (χ1) is 20.4. The van der Waals surface area contributed by atoms with Gasteiger partial charge in [-0.3, -0.25) is 4.79 Å². The molecule has 13 nitrogen and oxygen atoms in total. The molecular formula is C27H29F3N6O7S. The van der Waals surface area contributed by atoms with E-state index in [0.717, 1.165) is 40.0 Å². The van der Waals surface area contributed by atoms with Crippen molar-refractivity contribution in [3.63, 3.8) is 0 Å². The SMILES string of the molecule is C=C(N=C/C(=C(\N)n1nc(C(F)(F)F)cc1C)c1cc(C(=O)O)c(=O)n(CCS(C)(=O)=O)c1)Nc1cc(OC)cc(OC)c1. The number of rotatable bonds is 12. The summed E-state index contributed by atoms with van der Waals surface area (Å²) in [6, 6.07) is 6.55. The number of allylic oxidation sites excluding steroid dienone is 1.